The average molecular weight is 520 g/mol. The zero-order valence-corrected chi connectivity index (χ0v) is 22.0. The fourth-order valence-electron chi connectivity index (χ4n) is 4.31. The van der Waals surface area contributed by atoms with Crippen LogP contribution in [0.2, 0.25) is 0 Å². The predicted molar refractivity (Wildman–Crippen MR) is 151 cm³/mol. The van der Waals surface area contributed by atoms with Gasteiger partial charge in [0.2, 0.25) is 4.96 Å². The number of aromatic nitrogens is 5. The number of aryl methyl sites for hydroxylation is 1. The van der Waals surface area contributed by atoms with E-state index in [1.54, 1.807) is 0 Å². The van der Waals surface area contributed by atoms with Gasteiger partial charge < -0.3 is 4.74 Å². The van der Waals surface area contributed by atoms with Gasteiger partial charge in [-0.15, -0.1) is 5.10 Å². The van der Waals surface area contributed by atoms with E-state index in [1.165, 1.54) is 15.9 Å². The van der Waals surface area contributed by atoms with E-state index in [-0.39, 0.29) is 11.7 Å². The third kappa shape index (κ3) is 4.50. The van der Waals surface area contributed by atoms with E-state index in [1.807, 2.05) is 117 Å². The molecule has 0 bridgehead atoms. The number of nitrogens with zero attached hydrogens (tertiary/aromatic N) is 5. The van der Waals surface area contributed by atoms with Crippen molar-refractivity contribution in [2.24, 2.45) is 0 Å². The van der Waals surface area contributed by atoms with Gasteiger partial charge in [0, 0.05) is 22.9 Å². The molecule has 0 saturated carbocycles. The Morgan fingerprint density at radius 2 is 1.66 bits per heavy atom. The number of benzene rings is 3. The first-order chi connectivity index (χ1) is 18.5. The molecule has 0 aliphatic heterocycles. The monoisotopic (exact) mass is 519 g/mol. The van der Waals surface area contributed by atoms with Crippen molar-refractivity contribution < 1.29 is 4.74 Å². The van der Waals surface area contributed by atoms with E-state index >= 15 is 0 Å². The lowest BCUT2D eigenvalue weighted by Gasteiger charge is -2.09. The summed E-state index contributed by atoms with van der Waals surface area (Å²) in [5.74, 6) is 1.35. The number of rotatable bonds is 6. The molecule has 0 radical (unpaired) electrons. The molecule has 0 N–H and O–H groups in total. The summed E-state index contributed by atoms with van der Waals surface area (Å²) in [5.41, 5.74) is 5.24. The highest BCUT2D eigenvalue weighted by molar-refractivity contribution is 7.15. The van der Waals surface area contributed by atoms with Gasteiger partial charge in [0.25, 0.3) is 5.56 Å². The quantitative estimate of drug-likeness (QED) is 0.298. The number of hydrogen-bond acceptors (Lipinski definition) is 6. The summed E-state index contributed by atoms with van der Waals surface area (Å²) in [4.78, 5) is 18.5. The van der Waals surface area contributed by atoms with Crippen LogP contribution in [-0.2, 0) is 0 Å². The van der Waals surface area contributed by atoms with Crippen LogP contribution in [0.25, 0.3) is 39.4 Å². The van der Waals surface area contributed by atoms with Crippen LogP contribution in [0.5, 0.6) is 5.75 Å². The highest BCUT2D eigenvalue weighted by Gasteiger charge is 2.16. The summed E-state index contributed by atoms with van der Waals surface area (Å²) in [6.45, 7) is 6.01. The van der Waals surface area contributed by atoms with Crippen LogP contribution < -0.4 is 14.8 Å². The van der Waals surface area contributed by atoms with Crippen LogP contribution >= 0.6 is 11.3 Å². The molecule has 0 saturated heterocycles. The first kappa shape index (κ1) is 23.8. The fraction of sp³-hybridized carbons (Fsp3) is 0.133. The topological polar surface area (TPSA) is 74.3 Å². The number of para-hydroxylation sites is 1. The molecular formula is C30H25N5O2S. The van der Waals surface area contributed by atoms with Crippen molar-refractivity contribution >= 4 is 22.4 Å². The van der Waals surface area contributed by atoms with Gasteiger partial charge >= 0.3 is 0 Å². The predicted octanol–water partition coefficient (Wildman–Crippen LogP) is 5.31. The Morgan fingerprint density at radius 3 is 2.37 bits per heavy atom. The molecule has 0 aliphatic rings. The van der Waals surface area contributed by atoms with E-state index in [0.29, 0.717) is 15.3 Å². The second-order valence-electron chi connectivity index (χ2n) is 9.26. The van der Waals surface area contributed by atoms with E-state index in [4.69, 9.17) is 9.84 Å². The molecule has 38 heavy (non-hydrogen) atoms. The molecule has 7 nitrogen and oxygen atoms in total. The summed E-state index contributed by atoms with van der Waals surface area (Å²) < 4.78 is 9.57. The molecule has 6 rings (SSSR count). The molecule has 0 aliphatic carbocycles. The molecule has 3 aromatic carbocycles. The fourth-order valence-corrected chi connectivity index (χ4v) is 5.21. The number of fused-ring (bicyclic) bond motifs is 1. The minimum absolute atomic E-state index is 0.0928. The molecule has 0 spiro atoms. The zero-order chi connectivity index (χ0) is 26.2. The van der Waals surface area contributed by atoms with Crippen molar-refractivity contribution in [2.45, 2.75) is 26.9 Å². The van der Waals surface area contributed by atoms with Gasteiger partial charge in [-0.1, -0.05) is 53.8 Å². The van der Waals surface area contributed by atoms with Gasteiger partial charge in [-0.05, 0) is 68.8 Å². The number of ether oxygens (including phenoxy) is 1. The lowest BCUT2D eigenvalue weighted by atomic mass is 10.1. The lowest BCUT2D eigenvalue weighted by Crippen LogP contribution is -2.23. The first-order valence-electron chi connectivity index (χ1n) is 12.4. The van der Waals surface area contributed by atoms with Crippen molar-refractivity contribution in [2.75, 3.05) is 0 Å². The van der Waals surface area contributed by atoms with Crippen LogP contribution in [0.3, 0.4) is 0 Å². The molecule has 0 fully saturated rings. The van der Waals surface area contributed by atoms with Crippen LogP contribution in [0.15, 0.2) is 89.9 Å². The third-order valence-corrected chi connectivity index (χ3v) is 7.08. The molecule has 6 aromatic rings. The van der Waals surface area contributed by atoms with E-state index < -0.39 is 0 Å². The standard InChI is InChI=1S/C30H25N5O2S/c1-19(2)37-24-15-13-21(14-16-24)27-22(18-34(32-27)23-10-5-4-6-11-23)17-26-29(36)35-30(38-26)31-28(33-35)25-12-8-7-9-20(25)3/h4-19H,1-3H3/b26-17-. The van der Waals surface area contributed by atoms with Gasteiger partial charge in [-0.2, -0.15) is 14.6 Å². The summed E-state index contributed by atoms with van der Waals surface area (Å²) >= 11 is 1.32. The van der Waals surface area contributed by atoms with Crippen molar-refractivity contribution in [3.05, 3.63) is 111 Å². The van der Waals surface area contributed by atoms with Gasteiger partial charge in [0.05, 0.1) is 16.3 Å². The summed E-state index contributed by atoms with van der Waals surface area (Å²) in [6, 6.07) is 25.7. The Balaban J connectivity index is 1.46. The second-order valence-corrected chi connectivity index (χ2v) is 10.3. The number of hydrogen-bond donors (Lipinski definition) is 0. The van der Waals surface area contributed by atoms with Crippen LogP contribution in [0.1, 0.15) is 25.0 Å². The third-order valence-electron chi connectivity index (χ3n) is 6.12. The SMILES string of the molecule is Cc1ccccc1-c1nc2s/c(=C\c3cn(-c4ccccc4)nc3-c3ccc(OC(C)C)cc3)c(=O)n2n1. The normalized spacial score (nSPS) is 12.1. The van der Waals surface area contributed by atoms with E-state index in [0.717, 1.165) is 39.4 Å². The van der Waals surface area contributed by atoms with Crippen molar-refractivity contribution in [3.63, 3.8) is 0 Å². The van der Waals surface area contributed by atoms with Crippen molar-refractivity contribution in [3.8, 4) is 34.1 Å². The highest BCUT2D eigenvalue weighted by Crippen LogP contribution is 2.27. The second kappa shape index (κ2) is 9.72. The Labute approximate surface area is 223 Å². The van der Waals surface area contributed by atoms with Crippen molar-refractivity contribution in [1.29, 1.82) is 0 Å². The Kier molecular flexibility index (Phi) is 6.09. The zero-order valence-electron chi connectivity index (χ0n) is 21.2. The van der Waals surface area contributed by atoms with Gasteiger partial charge in [-0.3, -0.25) is 4.79 Å². The van der Waals surface area contributed by atoms with Gasteiger partial charge in [-0.25, -0.2) is 4.68 Å². The molecule has 3 heterocycles. The maximum absolute atomic E-state index is 13.3. The Morgan fingerprint density at radius 1 is 0.921 bits per heavy atom. The molecule has 0 atom stereocenters. The van der Waals surface area contributed by atoms with Gasteiger partial charge in [0.15, 0.2) is 5.82 Å². The summed E-state index contributed by atoms with van der Waals surface area (Å²) in [5, 5.41) is 9.40. The van der Waals surface area contributed by atoms with Crippen LogP contribution in [0, 0.1) is 6.92 Å². The minimum atomic E-state index is -0.198. The Hall–Kier alpha value is -4.56. The number of thiazole rings is 1. The van der Waals surface area contributed by atoms with E-state index in [2.05, 4.69) is 10.1 Å². The molecular weight excluding hydrogens is 494 g/mol. The first-order valence-corrected chi connectivity index (χ1v) is 13.2. The van der Waals surface area contributed by atoms with Gasteiger partial charge in [0.1, 0.15) is 11.4 Å². The summed E-state index contributed by atoms with van der Waals surface area (Å²) in [7, 11) is 0. The molecule has 188 valence electrons. The largest absolute Gasteiger partial charge is 0.491 e. The van der Waals surface area contributed by atoms with Crippen molar-refractivity contribution in [1.82, 2.24) is 24.4 Å². The molecule has 0 amide bonds. The lowest BCUT2D eigenvalue weighted by molar-refractivity contribution is 0.242. The summed E-state index contributed by atoms with van der Waals surface area (Å²) in [6.07, 6.45) is 3.91. The van der Waals surface area contributed by atoms with Crippen LogP contribution in [-0.4, -0.2) is 30.5 Å². The molecule has 8 heteroatoms. The smallest absolute Gasteiger partial charge is 0.291 e. The maximum Gasteiger partial charge on any atom is 0.291 e. The Bertz CT molecular complexity index is 1850. The average Bonchev–Trinajstić information content (AvgIpc) is 3.60. The molecule has 0 unspecified atom stereocenters. The van der Waals surface area contributed by atoms with E-state index in [9.17, 15) is 4.79 Å². The maximum atomic E-state index is 13.3. The highest BCUT2D eigenvalue weighted by atomic mass is 32.1. The molecule has 3 aromatic heterocycles. The van der Waals surface area contributed by atoms with Crippen LogP contribution in [0.4, 0.5) is 0 Å². The minimum Gasteiger partial charge on any atom is -0.491 e.